The molecule has 5 aliphatic rings. The van der Waals surface area contributed by atoms with Crippen molar-refractivity contribution in [2.75, 3.05) is 26.3 Å². The first-order valence-corrected chi connectivity index (χ1v) is 13.9. The van der Waals surface area contributed by atoms with E-state index in [0.717, 1.165) is 32.1 Å². The predicted octanol–water partition coefficient (Wildman–Crippen LogP) is 2.74. The topological polar surface area (TPSA) is 96.4 Å². The zero-order chi connectivity index (χ0) is 25.3. The standard InChI is InChI=1S/C28H40N2O6/c1-2-27-14-7-10-19-35-26(34)22(27)21-24(32)30(16-8-4-9-18-31)23-25(33)29(20-12-5-3-6-13-20)17-11-15-28(21,23)36-27/h7,11,14-15,20-23,31H,2-6,8-10,12-13,16-19H2,1H3/t21-,22-,23?,27+,28-/m0/s1. The lowest BCUT2D eigenvalue weighted by Crippen LogP contribution is -2.58. The molecular formula is C28H40N2O6. The molecule has 5 rings (SSSR count). The zero-order valence-electron chi connectivity index (χ0n) is 21.4. The van der Waals surface area contributed by atoms with E-state index in [1.54, 1.807) is 4.90 Å². The van der Waals surface area contributed by atoms with Gasteiger partial charge in [-0.2, -0.15) is 0 Å². The molecule has 36 heavy (non-hydrogen) atoms. The molecule has 2 saturated heterocycles. The first kappa shape index (κ1) is 25.5. The molecule has 4 aliphatic heterocycles. The fourth-order valence-electron chi connectivity index (χ4n) is 7.28. The van der Waals surface area contributed by atoms with E-state index >= 15 is 0 Å². The second-order valence-corrected chi connectivity index (χ2v) is 11.0. The molecule has 0 aromatic rings. The monoisotopic (exact) mass is 500 g/mol. The molecule has 1 spiro atoms. The second-order valence-electron chi connectivity index (χ2n) is 11.0. The predicted molar refractivity (Wildman–Crippen MR) is 133 cm³/mol. The zero-order valence-corrected chi connectivity index (χ0v) is 21.4. The summed E-state index contributed by atoms with van der Waals surface area (Å²) in [4.78, 5) is 45.6. The third kappa shape index (κ3) is 4.01. The summed E-state index contributed by atoms with van der Waals surface area (Å²) in [6.07, 6.45) is 16.4. The highest BCUT2D eigenvalue weighted by Gasteiger charge is 2.75. The summed E-state index contributed by atoms with van der Waals surface area (Å²) in [5.74, 6) is -2.27. The number of aliphatic hydroxyl groups is 1. The van der Waals surface area contributed by atoms with Crippen molar-refractivity contribution >= 4 is 17.8 Å². The Bertz CT molecular complexity index is 927. The minimum Gasteiger partial charge on any atom is -0.465 e. The Morgan fingerprint density at radius 2 is 1.81 bits per heavy atom. The van der Waals surface area contributed by atoms with Crippen LogP contribution in [0.3, 0.4) is 0 Å². The summed E-state index contributed by atoms with van der Waals surface area (Å²) < 4.78 is 12.5. The number of carbonyl (C=O) groups is 3. The van der Waals surface area contributed by atoms with Crippen molar-refractivity contribution in [2.24, 2.45) is 11.8 Å². The van der Waals surface area contributed by atoms with Crippen molar-refractivity contribution in [2.45, 2.75) is 94.4 Å². The van der Waals surface area contributed by atoms with E-state index in [2.05, 4.69) is 0 Å². The van der Waals surface area contributed by atoms with Gasteiger partial charge < -0.3 is 24.4 Å². The molecular weight excluding hydrogens is 460 g/mol. The number of likely N-dealkylation sites (tertiary alicyclic amines) is 1. The van der Waals surface area contributed by atoms with E-state index in [0.29, 0.717) is 38.8 Å². The Morgan fingerprint density at radius 1 is 1.00 bits per heavy atom. The van der Waals surface area contributed by atoms with Crippen LogP contribution in [0.5, 0.6) is 0 Å². The van der Waals surface area contributed by atoms with Crippen LogP contribution < -0.4 is 0 Å². The van der Waals surface area contributed by atoms with E-state index in [-0.39, 0.29) is 31.1 Å². The Kier molecular flexibility index (Phi) is 7.27. The highest BCUT2D eigenvalue weighted by molar-refractivity contribution is 5.99. The van der Waals surface area contributed by atoms with Crippen LogP contribution in [0, 0.1) is 11.8 Å². The minimum atomic E-state index is -1.21. The molecule has 3 fully saturated rings. The van der Waals surface area contributed by atoms with Gasteiger partial charge in [0, 0.05) is 25.7 Å². The molecule has 8 heteroatoms. The molecule has 5 atom stereocenters. The van der Waals surface area contributed by atoms with Gasteiger partial charge in [-0.15, -0.1) is 0 Å². The molecule has 8 nitrogen and oxygen atoms in total. The summed E-state index contributed by atoms with van der Waals surface area (Å²) in [6, 6.07) is -0.640. The number of carbonyl (C=O) groups excluding carboxylic acids is 3. The van der Waals surface area contributed by atoms with E-state index in [1.165, 1.54) is 6.42 Å². The van der Waals surface area contributed by atoms with Crippen molar-refractivity contribution < 1.29 is 29.0 Å². The van der Waals surface area contributed by atoms with Crippen LogP contribution in [0.4, 0.5) is 0 Å². The number of esters is 1. The number of aliphatic hydroxyl groups excluding tert-OH is 1. The number of nitrogens with zero attached hydrogens (tertiary/aromatic N) is 2. The van der Waals surface area contributed by atoms with Gasteiger partial charge >= 0.3 is 5.97 Å². The minimum absolute atomic E-state index is 0.0669. The van der Waals surface area contributed by atoms with Crippen molar-refractivity contribution in [3.8, 4) is 0 Å². The smallest absolute Gasteiger partial charge is 0.313 e. The SMILES string of the molecule is CC[C@@]12C=CCCOC(=O)[C@@H]1[C@H]1C(=O)N(CCCCCO)C3C(=O)N(C4CCCCC4)CC=C[C@@]31O2. The molecule has 0 aromatic carbocycles. The van der Waals surface area contributed by atoms with Crippen LogP contribution >= 0.6 is 0 Å². The number of fused-ring (bicyclic) bond motifs is 2. The molecule has 4 heterocycles. The van der Waals surface area contributed by atoms with Crippen molar-refractivity contribution in [3.05, 3.63) is 24.3 Å². The van der Waals surface area contributed by atoms with Crippen LogP contribution in [0.1, 0.15) is 71.1 Å². The van der Waals surface area contributed by atoms with Gasteiger partial charge in [0.15, 0.2) is 0 Å². The van der Waals surface area contributed by atoms with E-state index in [1.807, 2.05) is 36.1 Å². The second kappa shape index (κ2) is 10.3. The maximum absolute atomic E-state index is 14.4. The van der Waals surface area contributed by atoms with Crippen molar-refractivity contribution in [3.63, 3.8) is 0 Å². The summed E-state index contributed by atoms with van der Waals surface area (Å²) in [5.41, 5.74) is -2.19. The molecule has 0 bridgehead atoms. The lowest BCUT2D eigenvalue weighted by atomic mass is 9.73. The normalized spacial score (nSPS) is 36.7. The van der Waals surface area contributed by atoms with Gasteiger partial charge in [-0.3, -0.25) is 14.4 Å². The average Bonchev–Trinajstić information content (AvgIpc) is 3.22. The van der Waals surface area contributed by atoms with Crippen LogP contribution in [-0.4, -0.2) is 82.3 Å². The molecule has 2 amide bonds. The van der Waals surface area contributed by atoms with Crippen LogP contribution in [0.2, 0.25) is 0 Å². The maximum atomic E-state index is 14.4. The number of ether oxygens (including phenoxy) is 2. The van der Waals surface area contributed by atoms with Gasteiger partial charge in [0.25, 0.3) is 0 Å². The molecule has 1 saturated carbocycles. The van der Waals surface area contributed by atoms with Crippen LogP contribution in [-0.2, 0) is 23.9 Å². The lowest BCUT2D eigenvalue weighted by Gasteiger charge is -2.40. The number of rotatable bonds is 7. The molecule has 198 valence electrons. The number of unbranched alkanes of at least 4 members (excludes halogenated alkanes) is 2. The van der Waals surface area contributed by atoms with Gasteiger partial charge in [0.2, 0.25) is 11.8 Å². The average molecular weight is 501 g/mol. The number of hydrogen-bond acceptors (Lipinski definition) is 6. The van der Waals surface area contributed by atoms with Crippen molar-refractivity contribution in [1.82, 2.24) is 9.80 Å². The van der Waals surface area contributed by atoms with E-state index < -0.39 is 35.0 Å². The molecule has 1 aliphatic carbocycles. The highest BCUT2D eigenvalue weighted by Crippen LogP contribution is 2.58. The van der Waals surface area contributed by atoms with Crippen LogP contribution in [0.15, 0.2) is 24.3 Å². The third-order valence-electron chi connectivity index (χ3n) is 9.01. The molecule has 1 unspecified atom stereocenters. The van der Waals surface area contributed by atoms with E-state index in [4.69, 9.17) is 9.47 Å². The molecule has 0 radical (unpaired) electrons. The summed E-state index contributed by atoms with van der Waals surface area (Å²) in [6.45, 7) is 3.24. The first-order valence-electron chi connectivity index (χ1n) is 13.9. The van der Waals surface area contributed by atoms with Crippen molar-refractivity contribution in [1.29, 1.82) is 0 Å². The summed E-state index contributed by atoms with van der Waals surface area (Å²) >= 11 is 0. The highest BCUT2D eigenvalue weighted by atomic mass is 16.6. The van der Waals surface area contributed by atoms with E-state index in [9.17, 15) is 19.5 Å². The van der Waals surface area contributed by atoms with Gasteiger partial charge in [0.1, 0.15) is 23.2 Å². The fraction of sp³-hybridized carbons (Fsp3) is 0.750. The largest absolute Gasteiger partial charge is 0.465 e. The van der Waals surface area contributed by atoms with Gasteiger partial charge in [-0.25, -0.2) is 0 Å². The third-order valence-corrected chi connectivity index (χ3v) is 9.01. The Balaban J connectivity index is 1.57. The number of amides is 2. The van der Waals surface area contributed by atoms with Gasteiger partial charge in [-0.1, -0.05) is 50.5 Å². The number of cyclic esters (lactones) is 1. The molecule has 0 aromatic heterocycles. The molecule has 1 N–H and O–H groups in total. The quantitative estimate of drug-likeness (QED) is 0.328. The number of hydrogen-bond donors (Lipinski definition) is 1. The Hall–Kier alpha value is -2.19. The maximum Gasteiger partial charge on any atom is 0.313 e. The first-order chi connectivity index (χ1) is 17.5. The van der Waals surface area contributed by atoms with Crippen LogP contribution in [0.25, 0.3) is 0 Å². The lowest BCUT2D eigenvalue weighted by molar-refractivity contribution is -0.162. The summed E-state index contributed by atoms with van der Waals surface area (Å²) in [7, 11) is 0. The Morgan fingerprint density at radius 3 is 2.56 bits per heavy atom. The Labute approximate surface area is 213 Å². The fourth-order valence-corrected chi connectivity index (χ4v) is 7.28. The van der Waals surface area contributed by atoms with Gasteiger partial charge in [-0.05, 0) is 44.9 Å². The van der Waals surface area contributed by atoms with Gasteiger partial charge in [0.05, 0.1) is 12.5 Å². The summed E-state index contributed by atoms with van der Waals surface area (Å²) in [5, 5.41) is 9.22.